The van der Waals surface area contributed by atoms with Gasteiger partial charge >= 0.3 is 0 Å². The fourth-order valence-electron chi connectivity index (χ4n) is 3.36. The number of benzene rings is 1. The average molecular weight is 508 g/mol. The molecule has 3 rings (SSSR count). The zero-order valence-corrected chi connectivity index (χ0v) is 19.8. The van der Waals surface area contributed by atoms with E-state index in [2.05, 4.69) is 68.2 Å². The molecule has 0 spiro atoms. The van der Waals surface area contributed by atoms with E-state index in [1.807, 2.05) is 19.3 Å². The predicted molar refractivity (Wildman–Crippen MR) is 132 cm³/mol. The van der Waals surface area contributed by atoms with Crippen molar-refractivity contribution >= 4 is 40.8 Å². The Morgan fingerprint density at radius 2 is 1.83 bits per heavy atom. The van der Waals surface area contributed by atoms with Crippen molar-refractivity contribution in [2.24, 2.45) is 4.99 Å². The molecule has 0 amide bonds. The molecule has 0 saturated carbocycles. The van der Waals surface area contributed by atoms with Crippen molar-refractivity contribution in [1.82, 2.24) is 24.8 Å². The molecule has 29 heavy (non-hydrogen) atoms. The number of para-hydroxylation sites is 1. The number of halogens is 1. The molecule has 0 fully saturated rings. The lowest BCUT2D eigenvalue weighted by molar-refractivity contribution is 0.587. The second kappa shape index (κ2) is 12.5. The quantitative estimate of drug-likeness (QED) is 0.187. The highest BCUT2D eigenvalue weighted by Gasteiger charge is 2.01. The van der Waals surface area contributed by atoms with Gasteiger partial charge < -0.3 is 19.8 Å². The number of unbranched alkanes of at least 4 members (excludes halogenated alkanes) is 1. The van der Waals surface area contributed by atoms with Crippen LogP contribution in [-0.4, -0.2) is 39.7 Å². The summed E-state index contributed by atoms with van der Waals surface area (Å²) in [7, 11) is 0. The Balaban J connectivity index is 0.00000300. The molecule has 0 aliphatic heterocycles. The van der Waals surface area contributed by atoms with Gasteiger partial charge in [-0.25, -0.2) is 4.98 Å². The highest BCUT2D eigenvalue weighted by atomic mass is 127. The number of hydrogen-bond acceptors (Lipinski definition) is 2. The summed E-state index contributed by atoms with van der Waals surface area (Å²) in [5.74, 6) is 2.00. The van der Waals surface area contributed by atoms with Crippen LogP contribution in [0.25, 0.3) is 10.9 Å². The molecule has 1 aromatic carbocycles. The topological polar surface area (TPSA) is 59.2 Å². The molecule has 0 unspecified atom stereocenters. The number of aromatic nitrogens is 3. The van der Waals surface area contributed by atoms with Crippen LogP contribution in [-0.2, 0) is 13.1 Å². The largest absolute Gasteiger partial charge is 0.357 e. The van der Waals surface area contributed by atoms with Crippen molar-refractivity contribution in [2.75, 3.05) is 19.6 Å². The Bertz CT molecular complexity index is 882. The van der Waals surface area contributed by atoms with E-state index < -0.39 is 0 Å². The first-order chi connectivity index (χ1) is 13.8. The molecule has 2 aromatic heterocycles. The van der Waals surface area contributed by atoms with Crippen molar-refractivity contribution in [3.05, 3.63) is 54.7 Å². The lowest BCUT2D eigenvalue weighted by Gasteiger charge is -2.12. The van der Waals surface area contributed by atoms with Crippen LogP contribution in [0.15, 0.2) is 53.9 Å². The molecule has 2 N–H and O–H groups in total. The van der Waals surface area contributed by atoms with E-state index in [-0.39, 0.29) is 24.0 Å². The maximum Gasteiger partial charge on any atom is 0.191 e. The number of imidazole rings is 1. The number of nitrogens with zero attached hydrogens (tertiary/aromatic N) is 4. The summed E-state index contributed by atoms with van der Waals surface area (Å²) < 4.78 is 4.51. The first-order valence-electron chi connectivity index (χ1n) is 10.3. The fraction of sp³-hybridized carbons (Fsp3) is 0.455. The number of aryl methyl sites for hydroxylation is 3. The Morgan fingerprint density at radius 1 is 1.00 bits per heavy atom. The lowest BCUT2D eigenvalue weighted by Crippen LogP contribution is -2.38. The molecular formula is C22H33IN6. The first kappa shape index (κ1) is 23.3. The standard InChI is InChI=1S/C22H32N6.HI/c1-3-23-22(25-12-6-7-15-27-18-14-24-19(27)2)26-13-8-16-28-17-11-20-9-4-5-10-21(20)28;/h4-5,9-11,14,17-18H,3,6-8,12-13,15-16H2,1-2H3,(H2,23,25,26);1H. The Hall–Kier alpha value is -2.03. The number of fused-ring (bicyclic) bond motifs is 1. The van der Waals surface area contributed by atoms with Crippen LogP contribution < -0.4 is 10.6 Å². The van der Waals surface area contributed by atoms with Crippen LogP contribution >= 0.6 is 24.0 Å². The van der Waals surface area contributed by atoms with E-state index in [9.17, 15) is 0 Å². The minimum absolute atomic E-state index is 0. The second-order valence-corrected chi connectivity index (χ2v) is 6.98. The molecule has 0 aliphatic rings. The van der Waals surface area contributed by atoms with E-state index in [0.29, 0.717) is 0 Å². The normalized spacial score (nSPS) is 11.4. The van der Waals surface area contributed by atoms with Gasteiger partial charge in [0.05, 0.1) is 0 Å². The number of hydrogen-bond donors (Lipinski definition) is 2. The molecule has 0 aliphatic carbocycles. The van der Waals surface area contributed by atoms with Gasteiger partial charge in [0.2, 0.25) is 0 Å². The number of nitrogens with one attached hydrogen (secondary N) is 2. The summed E-state index contributed by atoms with van der Waals surface area (Å²) >= 11 is 0. The molecule has 0 atom stereocenters. The maximum atomic E-state index is 4.72. The summed E-state index contributed by atoms with van der Waals surface area (Å²) in [5, 5.41) is 8.08. The van der Waals surface area contributed by atoms with Gasteiger partial charge in [-0.15, -0.1) is 24.0 Å². The van der Waals surface area contributed by atoms with E-state index >= 15 is 0 Å². The van der Waals surface area contributed by atoms with Gasteiger partial charge in [-0.2, -0.15) is 0 Å². The smallest absolute Gasteiger partial charge is 0.191 e. The molecule has 3 aromatic rings. The summed E-state index contributed by atoms with van der Waals surface area (Å²) in [6.07, 6.45) is 9.33. The molecule has 7 heteroatoms. The van der Waals surface area contributed by atoms with Crippen LogP contribution in [0.3, 0.4) is 0 Å². The second-order valence-electron chi connectivity index (χ2n) is 6.98. The van der Waals surface area contributed by atoms with Crippen LogP contribution in [0.5, 0.6) is 0 Å². The van der Waals surface area contributed by atoms with Gasteiger partial charge in [0.25, 0.3) is 0 Å². The minimum Gasteiger partial charge on any atom is -0.357 e. The van der Waals surface area contributed by atoms with E-state index in [1.165, 1.54) is 10.9 Å². The number of rotatable bonds is 10. The van der Waals surface area contributed by atoms with Crippen molar-refractivity contribution < 1.29 is 0 Å². The molecule has 2 heterocycles. The van der Waals surface area contributed by atoms with Crippen LogP contribution in [0, 0.1) is 6.92 Å². The molecule has 0 bridgehead atoms. The highest BCUT2D eigenvalue weighted by Crippen LogP contribution is 2.15. The maximum absolute atomic E-state index is 4.72. The van der Waals surface area contributed by atoms with Crippen LogP contribution in [0.2, 0.25) is 0 Å². The predicted octanol–water partition coefficient (Wildman–Crippen LogP) is 4.19. The lowest BCUT2D eigenvalue weighted by atomic mass is 10.2. The molecule has 0 saturated heterocycles. The molecule has 158 valence electrons. The number of aliphatic imine (C=N–C) groups is 1. The van der Waals surface area contributed by atoms with Gasteiger partial charge in [-0.1, -0.05) is 18.2 Å². The highest BCUT2D eigenvalue weighted by molar-refractivity contribution is 14.0. The zero-order chi connectivity index (χ0) is 19.6. The van der Waals surface area contributed by atoms with Gasteiger partial charge in [-0.3, -0.25) is 4.99 Å². The van der Waals surface area contributed by atoms with Crippen molar-refractivity contribution in [2.45, 2.75) is 46.2 Å². The summed E-state index contributed by atoms with van der Waals surface area (Å²) in [6.45, 7) is 8.78. The third kappa shape index (κ3) is 7.06. The first-order valence-corrected chi connectivity index (χ1v) is 10.3. The zero-order valence-electron chi connectivity index (χ0n) is 17.5. The summed E-state index contributed by atoms with van der Waals surface area (Å²) in [6, 6.07) is 10.7. The summed E-state index contributed by atoms with van der Waals surface area (Å²) in [5.41, 5.74) is 1.30. The average Bonchev–Trinajstić information content (AvgIpc) is 3.31. The Labute approximate surface area is 190 Å². The SMILES string of the molecule is CCNC(=NCCCn1ccc2ccccc21)NCCCCn1ccnc1C.I. The van der Waals surface area contributed by atoms with Crippen molar-refractivity contribution in [1.29, 1.82) is 0 Å². The van der Waals surface area contributed by atoms with Gasteiger partial charge in [0, 0.05) is 56.8 Å². The van der Waals surface area contributed by atoms with Gasteiger partial charge in [-0.05, 0) is 50.6 Å². The van der Waals surface area contributed by atoms with Gasteiger partial charge in [0.15, 0.2) is 5.96 Å². The third-order valence-corrected chi connectivity index (χ3v) is 4.89. The molecular weight excluding hydrogens is 475 g/mol. The van der Waals surface area contributed by atoms with Crippen LogP contribution in [0.1, 0.15) is 32.0 Å². The molecule has 0 radical (unpaired) electrons. The van der Waals surface area contributed by atoms with E-state index in [4.69, 9.17) is 4.99 Å². The number of guanidine groups is 1. The van der Waals surface area contributed by atoms with Gasteiger partial charge in [0.1, 0.15) is 5.82 Å². The summed E-state index contributed by atoms with van der Waals surface area (Å²) in [4.78, 5) is 8.98. The van der Waals surface area contributed by atoms with Crippen molar-refractivity contribution in [3.63, 3.8) is 0 Å². The Morgan fingerprint density at radius 3 is 2.62 bits per heavy atom. The van der Waals surface area contributed by atoms with E-state index in [0.717, 1.165) is 63.8 Å². The van der Waals surface area contributed by atoms with Crippen LogP contribution in [0.4, 0.5) is 0 Å². The minimum atomic E-state index is 0. The third-order valence-electron chi connectivity index (χ3n) is 4.89. The van der Waals surface area contributed by atoms with E-state index in [1.54, 1.807) is 0 Å². The monoisotopic (exact) mass is 508 g/mol. The molecule has 6 nitrogen and oxygen atoms in total. The Kier molecular flexibility index (Phi) is 10.0. The fourth-order valence-corrected chi connectivity index (χ4v) is 3.36. The van der Waals surface area contributed by atoms with Crippen molar-refractivity contribution in [3.8, 4) is 0 Å².